The van der Waals surface area contributed by atoms with Crippen LogP contribution in [0.25, 0.3) is 0 Å². The molecule has 1 aromatic heterocycles. The highest BCUT2D eigenvalue weighted by molar-refractivity contribution is 6.30. The monoisotopic (exact) mass is 447 g/mol. The van der Waals surface area contributed by atoms with Gasteiger partial charge in [0, 0.05) is 55.8 Å². The molecule has 3 heterocycles. The molecule has 0 bridgehead atoms. The van der Waals surface area contributed by atoms with E-state index < -0.39 is 11.7 Å². The average Bonchev–Trinajstić information content (AvgIpc) is 3.23. The van der Waals surface area contributed by atoms with E-state index in [-0.39, 0.29) is 0 Å². The Morgan fingerprint density at radius 3 is 2.69 bits per heavy atom. The Morgan fingerprint density at radius 2 is 1.94 bits per heavy atom. The molecule has 0 aliphatic carbocycles. The van der Waals surface area contributed by atoms with Crippen molar-refractivity contribution >= 4 is 23.4 Å². The summed E-state index contributed by atoms with van der Waals surface area (Å²) >= 11 is 6.24. The van der Waals surface area contributed by atoms with Crippen LogP contribution in [0.4, 0.5) is 10.5 Å². The van der Waals surface area contributed by atoms with Crippen molar-refractivity contribution < 1.29 is 9.53 Å². The summed E-state index contributed by atoms with van der Waals surface area (Å²) in [6.07, 6.45) is 4.74. The molecule has 2 aromatic carbocycles. The number of nitriles is 1. The third-order valence-corrected chi connectivity index (χ3v) is 6.52. The fraction of sp³-hybridized carbons (Fsp3) is 0.292. The number of carbonyl (C=O) groups excluding carboxylic acids is 1. The number of ether oxygens (including phenoxy) is 1. The van der Waals surface area contributed by atoms with Gasteiger partial charge in [0.25, 0.3) is 0 Å². The normalized spacial score (nSPS) is 17.3. The summed E-state index contributed by atoms with van der Waals surface area (Å²) in [5.74, 6) is 0. The number of nitrogens with zero attached hydrogens (tertiary/aromatic N) is 4. The van der Waals surface area contributed by atoms with Crippen LogP contribution in [-0.4, -0.2) is 33.6 Å². The van der Waals surface area contributed by atoms with E-state index in [2.05, 4.69) is 25.8 Å². The number of amides is 1. The zero-order valence-corrected chi connectivity index (χ0v) is 18.2. The van der Waals surface area contributed by atoms with Crippen LogP contribution in [0.5, 0.6) is 0 Å². The predicted octanol–water partition coefficient (Wildman–Crippen LogP) is 4.51. The lowest BCUT2D eigenvalue weighted by molar-refractivity contribution is -0.0396. The Balaban J connectivity index is 1.28. The van der Waals surface area contributed by atoms with Crippen molar-refractivity contribution in [2.45, 2.75) is 31.5 Å². The molecule has 32 heavy (non-hydrogen) atoms. The maximum absolute atomic E-state index is 12.2. The SMILES string of the molecule is N#Cc1ccc(Cn2cncc2CN2CCC3(CC2)OC(=O)Nc2ccc(Cl)cc23)cc1. The smallest absolute Gasteiger partial charge is 0.412 e. The van der Waals surface area contributed by atoms with Crippen LogP contribution in [0, 0.1) is 11.3 Å². The molecule has 1 N–H and O–H groups in total. The van der Waals surface area contributed by atoms with Gasteiger partial charge in [-0.05, 0) is 35.9 Å². The molecule has 0 atom stereocenters. The van der Waals surface area contributed by atoms with E-state index in [1.54, 1.807) is 6.07 Å². The second-order valence-corrected chi connectivity index (χ2v) is 8.73. The number of anilines is 1. The van der Waals surface area contributed by atoms with E-state index in [0.29, 0.717) is 30.0 Å². The minimum absolute atomic E-state index is 0.409. The van der Waals surface area contributed by atoms with Gasteiger partial charge >= 0.3 is 6.09 Å². The third-order valence-electron chi connectivity index (χ3n) is 6.28. The van der Waals surface area contributed by atoms with Crippen LogP contribution in [0.2, 0.25) is 5.02 Å². The maximum atomic E-state index is 12.2. The first kappa shape index (κ1) is 20.6. The molecule has 0 saturated carbocycles. The molecule has 7 nitrogen and oxygen atoms in total. The van der Waals surface area contributed by atoms with E-state index in [1.807, 2.05) is 48.9 Å². The first-order chi connectivity index (χ1) is 15.5. The van der Waals surface area contributed by atoms with E-state index in [9.17, 15) is 4.79 Å². The van der Waals surface area contributed by atoms with Gasteiger partial charge < -0.3 is 9.30 Å². The maximum Gasteiger partial charge on any atom is 0.412 e. The van der Waals surface area contributed by atoms with Crippen molar-refractivity contribution in [2.24, 2.45) is 0 Å². The number of piperidine rings is 1. The molecule has 0 unspecified atom stereocenters. The first-order valence-corrected chi connectivity index (χ1v) is 10.9. The number of benzene rings is 2. The number of nitrogens with one attached hydrogen (secondary N) is 1. The van der Waals surface area contributed by atoms with Crippen molar-refractivity contribution in [1.82, 2.24) is 14.5 Å². The van der Waals surface area contributed by atoms with Crippen molar-refractivity contribution in [2.75, 3.05) is 18.4 Å². The first-order valence-electron chi connectivity index (χ1n) is 10.6. The van der Waals surface area contributed by atoms with E-state index in [4.69, 9.17) is 21.6 Å². The molecular formula is C24H22ClN5O2. The topological polar surface area (TPSA) is 83.2 Å². The van der Waals surface area contributed by atoms with E-state index in [0.717, 1.165) is 42.1 Å². The Labute approximate surface area is 191 Å². The molecular weight excluding hydrogens is 426 g/mol. The summed E-state index contributed by atoms with van der Waals surface area (Å²) in [6, 6.07) is 15.3. The number of fused-ring (bicyclic) bond motifs is 2. The number of imidazole rings is 1. The van der Waals surface area contributed by atoms with Gasteiger partial charge in [0.2, 0.25) is 0 Å². The van der Waals surface area contributed by atoms with Crippen molar-refractivity contribution in [3.63, 3.8) is 0 Å². The lowest BCUT2D eigenvalue weighted by atomic mass is 9.82. The summed E-state index contributed by atoms with van der Waals surface area (Å²) < 4.78 is 7.96. The van der Waals surface area contributed by atoms with Crippen molar-refractivity contribution in [1.29, 1.82) is 5.26 Å². The third kappa shape index (κ3) is 3.95. The number of hydrogen-bond donors (Lipinski definition) is 1. The van der Waals surface area contributed by atoms with Gasteiger partial charge in [0.05, 0.1) is 29.3 Å². The van der Waals surface area contributed by atoms with E-state index >= 15 is 0 Å². The molecule has 2 aliphatic heterocycles. The van der Waals surface area contributed by atoms with Crippen LogP contribution in [0.15, 0.2) is 55.0 Å². The highest BCUT2D eigenvalue weighted by Gasteiger charge is 2.44. The summed E-state index contributed by atoms with van der Waals surface area (Å²) in [5.41, 5.74) is 3.99. The fourth-order valence-corrected chi connectivity index (χ4v) is 4.72. The van der Waals surface area contributed by atoms with Gasteiger partial charge in [-0.25, -0.2) is 9.78 Å². The molecule has 162 valence electrons. The van der Waals surface area contributed by atoms with E-state index in [1.165, 1.54) is 0 Å². The van der Waals surface area contributed by atoms with Crippen LogP contribution in [-0.2, 0) is 23.4 Å². The molecule has 1 fully saturated rings. The zero-order valence-electron chi connectivity index (χ0n) is 17.4. The molecule has 2 aliphatic rings. The van der Waals surface area contributed by atoms with Gasteiger partial charge in [0.1, 0.15) is 5.60 Å². The molecule has 1 spiro atoms. The number of likely N-dealkylation sites (tertiary alicyclic amines) is 1. The number of hydrogen-bond acceptors (Lipinski definition) is 5. The number of rotatable bonds is 4. The van der Waals surface area contributed by atoms with Crippen LogP contribution in [0.3, 0.4) is 0 Å². The molecule has 5 rings (SSSR count). The van der Waals surface area contributed by atoms with Crippen molar-refractivity contribution in [3.8, 4) is 6.07 Å². The summed E-state index contributed by atoms with van der Waals surface area (Å²) in [7, 11) is 0. The summed E-state index contributed by atoms with van der Waals surface area (Å²) in [4.78, 5) is 18.9. The average molecular weight is 448 g/mol. The quantitative estimate of drug-likeness (QED) is 0.636. The zero-order chi connectivity index (χ0) is 22.1. The second kappa shape index (κ2) is 8.30. The fourth-order valence-electron chi connectivity index (χ4n) is 4.55. The molecule has 1 amide bonds. The van der Waals surface area contributed by atoms with Crippen LogP contribution >= 0.6 is 11.6 Å². The highest BCUT2D eigenvalue weighted by atomic mass is 35.5. The minimum Gasteiger partial charge on any atom is -0.438 e. The molecule has 0 radical (unpaired) electrons. The minimum atomic E-state index is -0.637. The molecule has 8 heteroatoms. The number of aromatic nitrogens is 2. The van der Waals surface area contributed by atoms with Crippen LogP contribution in [0.1, 0.15) is 35.2 Å². The Hall–Kier alpha value is -3.34. The van der Waals surface area contributed by atoms with Gasteiger partial charge in [-0.15, -0.1) is 0 Å². The highest BCUT2D eigenvalue weighted by Crippen LogP contribution is 2.44. The Morgan fingerprint density at radius 1 is 1.16 bits per heavy atom. The molecule has 3 aromatic rings. The predicted molar refractivity (Wildman–Crippen MR) is 120 cm³/mol. The summed E-state index contributed by atoms with van der Waals surface area (Å²) in [5, 5.41) is 12.4. The van der Waals surface area contributed by atoms with Crippen LogP contribution < -0.4 is 5.32 Å². The molecule has 1 saturated heterocycles. The van der Waals surface area contributed by atoms with Gasteiger partial charge in [-0.1, -0.05) is 23.7 Å². The number of halogens is 1. The Bertz CT molecular complexity index is 1190. The Kier molecular flexibility index (Phi) is 5.33. The standard InChI is InChI=1S/C24H22ClN5O2/c25-19-5-6-22-21(11-19)24(32-23(31)28-22)7-9-29(10-8-24)15-20-13-27-16-30(20)14-18-3-1-17(12-26)2-4-18/h1-6,11,13,16H,7-10,14-15H2,(H,28,31). The summed E-state index contributed by atoms with van der Waals surface area (Å²) in [6.45, 7) is 3.05. The van der Waals surface area contributed by atoms with Gasteiger partial charge in [0.15, 0.2) is 0 Å². The lowest BCUT2D eigenvalue weighted by Gasteiger charge is -2.44. The van der Waals surface area contributed by atoms with Crippen molar-refractivity contribution in [3.05, 3.63) is 82.4 Å². The van der Waals surface area contributed by atoms with Gasteiger partial charge in [-0.3, -0.25) is 10.2 Å². The second-order valence-electron chi connectivity index (χ2n) is 8.30. The number of carbonyl (C=O) groups is 1. The van der Waals surface area contributed by atoms with Gasteiger partial charge in [-0.2, -0.15) is 5.26 Å². The largest absolute Gasteiger partial charge is 0.438 e. The lowest BCUT2D eigenvalue weighted by Crippen LogP contribution is -2.48.